The van der Waals surface area contributed by atoms with Crippen LogP contribution in [0.15, 0.2) is 47.4 Å². The maximum atomic E-state index is 12.6. The first-order chi connectivity index (χ1) is 13.4. The smallest absolute Gasteiger partial charge is 0.240 e. The number of hydrogen-bond acceptors (Lipinski definition) is 3. The van der Waals surface area contributed by atoms with Gasteiger partial charge >= 0.3 is 0 Å². The first-order valence-corrected chi connectivity index (χ1v) is 11.3. The number of fused-ring (bicyclic) bond motifs is 1. The molecule has 1 aliphatic carbocycles. The molecule has 1 N–H and O–H groups in total. The quantitative estimate of drug-likeness (QED) is 0.744. The Hall–Kier alpha value is -1.89. The summed E-state index contributed by atoms with van der Waals surface area (Å²) in [4.78, 5) is 14.1. The van der Waals surface area contributed by atoms with Crippen LogP contribution < -0.4 is 4.72 Å². The van der Waals surface area contributed by atoms with Crippen molar-refractivity contribution in [1.82, 2.24) is 9.62 Å². The van der Waals surface area contributed by atoms with Gasteiger partial charge in [0.15, 0.2) is 0 Å². The Balaban J connectivity index is 1.54. The molecule has 0 bridgehead atoms. The molecule has 0 spiro atoms. The number of halogens is 1. The Labute approximate surface area is 171 Å². The van der Waals surface area contributed by atoms with Crippen LogP contribution in [-0.2, 0) is 34.2 Å². The van der Waals surface area contributed by atoms with E-state index >= 15 is 0 Å². The maximum Gasteiger partial charge on any atom is 0.240 e. The molecule has 0 atom stereocenters. The minimum Gasteiger partial charge on any atom is -0.341 e. The van der Waals surface area contributed by atoms with E-state index in [2.05, 4.69) is 4.72 Å². The highest BCUT2D eigenvalue weighted by Crippen LogP contribution is 2.24. The normalized spacial score (nSPS) is 13.8. The predicted octanol–water partition coefficient (Wildman–Crippen LogP) is 3.55. The van der Waals surface area contributed by atoms with Gasteiger partial charge in [-0.2, -0.15) is 0 Å². The van der Waals surface area contributed by atoms with E-state index in [1.807, 2.05) is 24.3 Å². The number of aryl methyl sites for hydroxylation is 2. The monoisotopic (exact) mass is 420 g/mol. The van der Waals surface area contributed by atoms with Gasteiger partial charge in [-0.15, -0.1) is 0 Å². The van der Waals surface area contributed by atoms with Crippen molar-refractivity contribution in [3.8, 4) is 0 Å². The van der Waals surface area contributed by atoms with Gasteiger partial charge in [0.2, 0.25) is 15.9 Å². The van der Waals surface area contributed by atoms with E-state index < -0.39 is 10.0 Å². The van der Waals surface area contributed by atoms with Crippen molar-refractivity contribution in [1.29, 1.82) is 0 Å². The Morgan fingerprint density at radius 2 is 1.82 bits per heavy atom. The van der Waals surface area contributed by atoms with Crippen molar-refractivity contribution in [2.45, 2.75) is 43.5 Å². The molecule has 2 aromatic carbocycles. The zero-order chi connectivity index (χ0) is 20.1. The molecule has 7 heteroatoms. The van der Waals surface area contributed by atoms with Gasteiger partial charge in [-0.3, -0.25) is 4.79 Å². The molecule has 3 rings (SSSR count). The van der Waals surface area contributed by atoms with Crippen LogP contribution in [0.1, 0.15) is 36.0 Å². The number of carbonyl (C=O) groups excluding carboxylic acids is 1. The van der Waals surface area contributed by atoms with Gasteiger partial charge in [-0.1, -0.05) is 35.9 Å². The van der Waals surface area contributed by atoms with E-state index in [4.69, 9.17) is 11.6 Å². The summed E-state index contributed by atoms with van der Waals surface area (Å²) in [6, 6.07) is 12.7. The van der Waals surface area contributed by atoms with E-state index in [9.17, 15) is 13.2 Å². The van der Waals surface area contributed by atoms with Gasteiger partial charge in [0.25, 0.3) is 0 Å². The first kappa shape index (κ1) is 20.8. The molecule has 0 fully saturated rings. The summed E-state index contributed by atoms with van der Waals surface area (Å²) in [6.45, 7) is 0.446. The molecule has 2 aromatic rings. The molecule has 0 aliphatic heterocycles. The van der Waals surface area contributed by atoms with Gasteiger partial charge in [0.05, 0.1) is 4.90 Å². The third-order valence-electron chi connectivity index (χ3n) is 5.05. The number of rotatable bonds is 7. The maximum absolute atomic E-state index is 12.6. The number of benzene rings is 2. The lowest BCUT2D eigenvalue weighted by molar-refractivity contribution is -0.130. The molecular formula is C21H25ClN2O3S. The summed E-state index contributed by atoms with van der Waals surface area (Å²) in [6.07, 6.45) is 4.27. The molecule has 0 heterocycles. The molecule has 150 valence electrons. The van der Waals surface area contributed by atoms with Crippen molar-refractivity contribution in [2.24, 2.45) is 0 Å². The summed E-state index contributed by atoms with van der Waals surface area (Å²) in [5.41, 5.74) is 3.21. The van der Waals surface area contributed by atoms with E-state index in [0.29, 0.717) is 11.6 Å². The Morgan fingerprint density at radius 3 is 2.57 bits per heavy atom. The number of hydrogen-bond donors (Lipinski definition) is 1. The van der Waals surface area contributed by atoms with Crippen molar-refractivity contribution >= 4 is 27.5 Å². The van der Waals surface area contributed by atoms with Crippen molar-refractivity contribution in [3.05, 3.63) is 64.2 Å². The van der Waals surface area contributed by atoms with Gasteiger partial charge < -0.3 is 4.90 Å². The van der Waals surface area contributed by atoms with Crippen molar-refractivity contribution in [2.75, 3.05) is 13.6 Å². The van der Waals surface area contributed by atoms with E-state index in [0.717, 1.165) is 36.8 Å². The van der Waals surface area contributed by atoms with Crippen LogP contribution in [0, 0.1) is 0 Å². The molecule has 0 saturated heterocycles. The minimum absolute atomic E-state index is 0.0606. The molecule has 0 saturated carbocycles. The van der Waals surface area contributed by atoms with Crippen molar-refractivity contribution < 1.29 is 13.2 Å². The number of carbonyl (C=O) groups is 1. The lowest BCUT2D eigenvalue weighted by atomic mass is 9.92. The molecule has 28 heavy (non-hydrogen) atoms. The number of amides is 1. The predicted molar refractivity (Wildman–Crippen MR) is 111 cm³/mol. The van der Waals surface area contributed by atoms with Crippen LogP contribution in [-0.4, -0.2) is 32.8 Å². The van der Waals surface area contributed by atoms with Gasteiger partial charge in [-0.25, -0.2) is 13.1 Å². The van der Waals surface area contributed by atoms with Crippen LogP contribution in [0.2, 0.25) is 5.02 Å². The van der Waals surface area contributed by atoms with Crippen molar-refractivity contribution in [3.63, 3.8) is 0 Å². The Kier molecular flexibility index (Phi) is 6.75. The minimum atomic E-state index is -3.62. The fraction of sp³-hybridized carbons (Fsp3) is 0.381. The summed E-state index contributed by atoms with van der Waals surface area (Å²) < 4.78 is 27.6. The van der Waals surface area contributed by atoms with Crippen LogP contribution in [0.4, 0.5) is 0 Å². The Bertz CT molecular complexity index is 960. The molecule has 0 aromatic heterocycles. The van der Waals surface area contributed by atoms with Gasteiger partial charge in [0.1, 0.15) is 0 Å². The van der Waals surface area contributed by atoms with E-state index in [-0.39, 0.29) is 23.8 Å². The third kappa shape index (κ3) is 5.13. The number of sulfonamides is 1. The highest BCUT2D eigenvalue weighted by atomic mass is 35.5. The largest absolute Gasteiger partial charge is 0.341 e. The molecule has 0 unspecified atom stereocenters. The summed E-state index contributed by atoms with van der Waals surface area (Å²) in [5.74, 6) is -0.145. The molecule has 1 amide bonds. The number of nitrogens with one attached hydrogen (secondary N) is 1. The van der Waals surface area contributed by atoms with E-state index in [1.54, 1.807) is 30.1 Å². The molecule has 5 nitrogen and oxygen atoms in total. The SMILES string of the molecule is CN(Cc1ccccc1Cl)C(=O)CCNS(=O)(=O)c1ccc2c(c1)CCCC2. The van der Waals surface area contributed by atoms with Crippen LogP contribution in [0.25, 0.3) is 0 Å². The van der Waals surface area contributed by atoms with Gasteiger partial charge in [0, 0.05) is 31.6 Å². The standard InChI is InChI=1S/C21H25ClN2O3S/c1-24(15-18-8-4-5-9-20(18)22)21(25)12-13-23-28(26,27)19-11-10-16-6-2-3-7-17(16)14-19/h4-5,8-11,14,23H,2-3,6-7,12-13,15H2,1H3. The second kappa shape index (κ2) is 9.07. The third-order valence-corrected chi connectivity index (χ3v) is 6.88. The highest BCUT2D eigenvalue weighted by Gasteiger charge is 2.18. The molecule has 1 aliphatic rings. The molecule has 0 radical (unpaired) electrons. The van der Waals surface area contributed by atoms with E-state index in [1.165, 1.54) is 5.56 Å². The molecular weight excluding hydrogens is 396 g/mol. The summed E-state index contributed by atoms with van der Waals surface area (Å²) in [7, 11) is -1.94. The second-order valence-corrected chi connectivity index (χ2v) is 9.30. The van der Waals surface area contributed by atoms with Crippen LogP contribution in [0.3, 0.4) is 0 Å². The second-order valence-electron chi connectivity index (χ2n) is 7.13. The first-order valence-electron chi connectivity index (χ1n) is 9.45. The van der Waals surface area contributed by atoms with Gasteiger partial charge in [-0.05, 0) is 60.6 Å². The van der Waals surface area contributed by atoms with Crippen LogP contribution in [0.5, 0.6) is 0 Å². The zero-order valence-electron chi connectivity index (χ0n) is 15.9. The zero-order valence-corrected chi connectivity index (χ0v) is 17.5. The van der Waals surface area contributed by atoms with Crippen LogP contribution >= 0.6 is 11.6 Å². The average molecular weight is 421 g/mol. The Morgan fingerprint density at radius 1 is 1.11 bits per heavy atom. The highest BCUT2D eigenvalue weighted by molar-refractivity contribution is 7.89. The summed E-state index contributed by atoms with van der Waals surface area (Å²) >= 11 is 6.13. The lowest BCUT2D eigenvalue weighted by Gasteiger charge is -2.19. The lowest BCUT2D eigenvalue weighted by Crippen LogP contribution is -2.32. The fourth-order valence-corrected chi connectivity index (χ4v) is 4.69. The average Bonchev–Trinajstić information content (AvgIpc) is 2.69. The fourth-order valence-electron chi connectivity index (χ4n) is 3.41. The number of nitrogens with zero attached hydrogens (tertiary/aromatic N) is 1. The topological polar surface area (TPSA) is 66.5 Å². The summed E-state index contributed by atoms with van der Waals surface area (Å²) in [5, 5.41) is 0.607.